The Morgan fingerprint density at radius 1 is 1.39 bits per heavy atom. The van der Waals surface area contributed by atoms with Crippen LogP contribution in [0.4, 0.5) is 0 Å². The molecule has 1 aromatic rings. The van der Waals surface area contributed by atoms with Crippen molar-refractivity contribution < 1.29 is 4.79 Å². The minimum Gasteiger partial charge on any atom is -0.365 e. The van der Waals surface area contributed by atoms with Crippen LogP contribution in [0.2, 0.25) is 0 Å². The minimum atomic E-state index is 0.232. The molecule has 2 fully saturated rings. The van der Waals surface area contributed by atoms with Crippen LogP contribution >= 0.6 is 0 Å². The zero-order valence-electron chi connectivity index (χ0n) is 11.3. The third-order valence-corrected chi connectivity index (χ3v) is 4.76. The van der Waals surface area contributed by atoms with Gasteiger partial charge in [-0.15, -0.1) is 0 Å². The normalized spacial score (nSPS) is 31.4. The Balaban J connectivity index is 1.87. The highest BCUT2D eigenvalue weighted by Crippen LogP contribution is 2.40. The van der Waals surface area contributed by atoms with Crippen molar-refractivity contribution in [1.29, 1.82) is 0 Å². The number of carbonyl (C=O) groups excluding carboxylic acids is 1. The van der Waals surface area contributed by atoms with Crippen molar-refractivity contribution in [2.45, 2.75) is 58.0 Å². The zero-order chi connectivity index (χ0) is 12.7. The van der Waals surface area contributed by atoms with E-state index in [-0.39, 0.29) is 5.91 Å². The summed E-state index contributed by atoms with van der Waals surface area (Å²) in [5, 5.41) is 0. The quantitative estimate of drug-likeness (QED) is 0.812. The highest BCUT2D eigenvalue weighted by atomic mass is 16.2. The molecule has 1 amide bonds. The number of hydrogen-bond donors (Lipinski definition) is 1. The molecule has 1 aliphatic carbocycles. The lowest BCUT2D eigenvalue weighted by Crippen LogP contribution is -2.42. The monoisotopic (exact) mass is 246 g/mol. The predicted octanol–water partition coefficient (Wildman–Crippen LogP) is 3.12. The highest BCUT2D eigenvalue weighted by molar-refractivity contribution is 5.96. The molecule has 1 saturated heterocycles. The molecule has 3 rings (SSSR count). The second-order valence-electron chi connectivity index (χ2n) is 5.93. The minimum absolute atomic E-state index is 0.232. The van der Waals surface area contributed by atoms with Crippen LogP contribution in [0.3, 0.4) is 0 Å². The lowest BCUT2D eigenvalue weighted by atomic mass is 9.85. The predicted molar refractivity (Wildman–Crippen MR) is 71.5 cm³/mol. The molecular formula is C15H22N2O. The molecule has 1 aliphatic heterocycles. The summed E-state index contributed by atoms with van der Waals surface area (Å²) < 4.78 is 0. The maximum Gasteiger partial charge on any atom is 0.256 e. The topological polar surface area (TPSA) is 36.1 Å². The highest BCUT2D eigenvalue weighted by Gasteiger charge is 2.42. The third kappa shape index (κ3) is 1.76. The van der Waals surface area contributed by atoms with Gasteiger partial charge in [-0.3, -0.25) is 4.79 Å². The number of nitrogens with one attached hydrogen (secondary N) is 1. The van der Waals surface area contributed by atoms with E-state index in [1.54, 1.807) is 0 Å². The van der Waals surface area contributed by atoms with E-state index < -0.39 is 0 Å². The Hall–Kier alpha value is -1.25. The van der Waals surface area contributed by atoms with Crippen molar-refractivity contribution in [3.05, 3.63) is 23.5 Å². The van der Waals surface area contributed by atoms with E-state index in [4.69, 9.17) is 0 Å². The van der Waals surface area contributed by atoms with Crippen LogP contribution in [0.15, 0.2) is 12.3 Å². The second-order valence-corrected chi connectivity index (χ2v) is 5.93. The SMILES string of the molecule is Cc1[nH]ccc1C(=O)N1C(C)CC2CCCCC21. The molecule has 1 N–H and O–H groups in total. The summed E-state index contributed by atoms with van der Waals surface area (Å²) in [4.78, 5) is 18.0. The van der Waals surface area contributed by atoms with Gasteiger partial charge in [0, 0.05) is 24.0 Å². The van der Waals surface area contributed by atoms with E-state index in [9.17, 15) is 4.79 Å². The molecule has 3 nitrogen and oxygen atoms in total. The van der Waals surface area contributed by atoms with Gasteiger partial charge in [0.2, 0.25) is 0 Å². The summed E-state index contributed by atoms with van der Waals surface area (Å²) in [6.45, 7) is 4.19. The van der Waals surface area contributed by atoms with Gasteiger partial charge in [-0.2, -0.15) is 0 Å². The average molecular weight is 246 g/mol. The summed E-state index contributed by atoms with van der Waals surface area (Å²) in [6.07, 6.45) is 8.19. The van der Waals surface area contributed by atoms with Gasteiger partial charge in [0.15, 0.2) is 0 Å². The largest absolute Gasteiger partial charge is 0.365 e. The van der Waals surface area contributed by atoms with Crippen molar-refractivity contribution in [1.82, 2.24) is 9.88 Å². The Labute approximate surface area is 109 Å². The molecule has 0 radical (unpaired) electrons. The number of amides is 1. The molecule has 18 heavy (non-hydrogen) atoms. The number of H-pyrrole nitrogens is 1. The van der Waals surface area contributed by atoms with Crippen molar-refractivity contribution in [2.75, 3.05) is 0 Å². The van der Waals surface area contributed by atoms with Gasteiger partial charge in [-0.1, -0.05) is 12.8 Å². The summed E-state index contributed by atoms with van der Waals surface area (Å²) >= 11 is 0. The fourth-order valence-electron chi connectivity index (χ4n) is 3.88. The van der Waals surface area contributed by atoms with Gasteiger partial charge < -0.3 is 9.88 Å². The number of hydrogen-bond acceptors (Lipinski definition) is 1. The number of rotatable bonds is 1. The Morgan fingerprint density at radius 3 is 2.89 bits per heavy atom. The first-order valence-electron chi connectivity index (χ1n) is 7.15. The fourth-order valence-corrected chi connectivity index (χ4v) is 3.88. The van der Waals surface area contributed by atoms with E-state index in [1.165, 1.54) is 32.1 Å². The van der Waals surface area contributed by atoms with E-state index in [1.807, 2.05) is 19.2 Å². The summed E-state index contributed by atoms with van der Waals surface area (Å²) in [5.74, 6) is 0.979. The Kier molecular flexibility index (Phi) is 2.92. The number of fused-ring (bicyclic) bond motifs is 1. The summed E-state index contributed by atoms with van der Waals surface area (Å²) in [5.41, 5.74) is 1.85. The van der Waals surface area contributed by atoms with E-state index in [2.05, 4.69) is 16.8 Å². The van der Waals surface area contributed by atoms with Crippen LogP contribution in [0.5, 0.6) is 0 Å². The van der Waals surface area contributed by atoms with Crippen LogP contribution in [0, 0.1) is 12.8 Å². The van der Waals surface area contributed by atoms with Crippen LogP contribution in [-0.2, 0) is 0 Å². The van der Waals surface area contributed by atoms with E-state index in [0.29, 0.717) is 12.1 Å². The summed E-state index contributed by atoms with van der Waals surface area (Å²) in [7, 11) is 0. The first-order chi connectivity index (χ1) is 8.68. The maximum absolute atomic E-state index is 12.7. The molecule has 0 bridgehead atoms. The molecule has 3 atom stereocenters. The Morgan fingerprint density at radius 2 is 2.17 bits per heavy atom. The van der Waals surface area contributed by atoms with Crippen molar-refractivity contribution in [3.63, 3.8) is 0 Å². The van der Waals surface area contributed by atoms with Gasteiger partial charge >= 0.3 is 0 Å². The first-order valence-corrected chi connectivity index (χ1v) is 7.15. The average Bonchev–Trinajstić information content (AvgIpc) is 2.91. The standard InChI is InChI=1S/C15H22N2O/c1-10-9-12-5-3-4-6-14(12)17(10)15(18)13-7-8-16-11(13)2/h7-8,10,12,14,16H,3-6,9H2,1-2H3. The van der Waals surface area contributed by atoms with Crippen LogP contribution < -0.4 is 0 Å². The maximum atomic E-state index is 12.7. The van der Waals surface area contributed by atoms with Gasteiger partial charge in [0.1, 0.15) is 0 Å². The van der Waals surface area contributed by atoms with E-state index >= 15 is 0 Å². The molecule has 2 aliphatic rings. The van der Waals surface area contributed by atoms with Crippen LogP contribution in [-0.4, -0.2) is 27.9 Å². The number of likely N-dealkylation sites (tertiary alicyclic amines) is 1. The fraction of sp³-hybridized carbons (Fsp3) is 0.667. The molecule has 3 heteroatoms. The second kappa shape index (κ2) is 4.45. The molecule has 2 heterocycles. The summed E-state index contributed by atoms with van der Waals surface area (Å²) in [6, 6.07) is 2.82. The molecule has 1 saturated carbocycles. The van der Waals surface area contributed by atoms with Gasteiger partial charge in [-0.05, 0) is 45.1 Å². The molecule has 0 aromatic carbocycles. The number of aromatic nitrogens is 1. The van der Waals surface area contributed by atoms with E-state index in [0.717, 1.165) is 17.2 Å². The van der Waals surface area contributed by atoms with Gasteiger partial charge in [0.25, 0.3) is 5.91 Å². The first kappa shape index (κ1) is 11.8. The number of aryl methyl sites for hydroxylation is 1. The molecule has 98 valence electrons. The van der Waals surface area contributed by atoms with Gasteiger partial charge in [0.05, 0.1) is 5.56 Å². The van der Waals surface area contributed by atoms with Crippen LogP contribution in [0.25, 0.3) is 0 Å². The molecular weight excluding hydrogens is 224 g/mol. The molecule has 1 aromatic heterocycles. The lowest BCUT2D eigenvalue weighted by Gasteiger charge is -2.33. The number of nitrogens with zero attached hydrogens (tertiary/aromatic N) is 1. The lowest BCUT2D eigenvalue weighted by molar-refractivity contribution is 0.0633. The molecule has 0 spiro atoms. The number of aromatic amines is 1. The van der Waals surface area contributed by atoms with Crippen LogP contribution in [0.1, 0.15) is 55.1 Å². The smallest absolute Gasteiger partial charge is 0.256 e. The molecule has 3 unspecified atom stereocenters. The third-order valence-electron chi connectivity index (χ3n) is 4.76. The Bertz CT molecular complexity index is 451. The van der Waals surface area contributed by atoms with Crippen molar-refractivity contribution in [3.8, 4) is 0 Å². The van der Waals surface area contributed by atoms with Gasteiger partial charge in [-0.25, -0.2) is 0 Å². The zero-order valence-corrected chi connectivity index (χ0v) is 11.3. The van der Waals surface area contributed by atoms with Crippen molar-refractivity contribution >= 4 is 5.91 Å². The number of carbonyl (C=O) groups is 1. The van der Waals surface area contributed by atoms with Crippen molar-refractivity contribution in [2.24, 2.45) is 5.92 Å².